The van der Waals surface area contributed by atoms with Gasteiger partial charge in [0.2, 0.25) is 0 Å². The molecule has 0 spiro atoms. The molecule has 0 saturated carbocycles. The van der Waals surface area contributed by atoms with Gasteiger partial charge in [0.15, 0.2) is 5.84 Å². The van der Waals surface area contributed by atoms with Gasteiger partial charge in [-0.05, 0) is 33.2 Å². The number of amidine groups is 1. The number of oxime groups is 1. The van der Waals surface area contributed by atoms with E-state index in [0.717, 1.165) is 45.6 Å². The molecule has 2 fully saturated rings. The quantitative estimate of drug-likeness (QED) is 0.333. The third kappa shape index (κ3) is 3.58. The fourth-order valence-electron chi connectivity index (χ4n) is 3.03. The summed E-state index contributed by atoms with van der Waals surface area (Å²) in [4.78, 5) is 4.73. The molecule has 2 unspecified atom stereocenters. The van der Waals surface area contributed by atoms with E-state index in [1.165, 1.54) is 0 Å². The van der Waals surface area contributed by atoms with E-state index in [2.05, 4.69) is 28.8 Å². The average Bonchev–Trinajstić information content (AvgIpc) is 2.86. The third-order valence-electron chi connectivity index (χ3n) is 4.16. The van der Waals surface area contributed by atoms with Crippen molar-refractivity contribution in [2.75, 3.05) is 32.8 Å². The number of morpholine rings is 1. The van der Waals surface area contributed by atoms with E-state index in [1.807, 2.05) is 0 Å². The van der Waals surface area contributed by atoms with Crippen LogP contribution in [0.15, 0.2) is 5.16 Å². The first kappa shape index (κ1) is 14.6. The first-order valence-electron chi connectivity index (χ1n) is 7.19. The van der Waals surface area contributed by atoms with Crippen LogP contribution in [0.1, 0.15) is 26.7 Å². The van der Waals surface area contributed by atoms with Crippen LogP contribution in [0.2, 0.25) is 0 Å². The van der Waals surface area contributed by atoms with Crippen molar-refractivity contribution < 1.29 is 9.94 Å². The Bertz CT molecular complexity index is 322. The van der Waals surface area contributed by atoms with Crippen LogP contribution >= 0.6 is 0 Å². The standard InChI is InChI=1S/C13H26N4O2/c1-10(2)16-6-7-19-11(8-16)9-17-5-3-4-12(17)13(14)15-18/h10-12,18H,3-9H2,1-2H3,(H2,14,15). The molecule has 2 saturated heterocycles. The monoisotopic (exact) mass is 270 g/mol. The molecule has 2 rings (SSSR count). The van der Waals surface area contributed by atoms with Crippen molar-refractivity contribution in [3.05, 3.63) is 0 Å². The topological polar surface area (TPSA) is 74.3 Å². The van der Waals surface area contributed by atoms with Crippen LogP contribution in [0.25, 0.3) is 0 Å². The summed E-state index contributed by atoms with van der Waals surface area (Å²) in [5.41, 5.74) is 5.76. The second kappa shape index (κ2) is 6.54. The zero-order valence-corrected chi connectivity index (χ0v) is 12.0. The second-order valence-electron chi connectivity index (χ2n) is 5.76. The van der Waals surface area contributed by atoms with Gasteiger partial charge in [-0.1, -0.05) is 5.16 Å². The first-order chi connectivity index (χ1) is 9.11. The van der Waals surface area contributed by atoms with Crippen molar-refractivity contribution in [3.63, 3.8) is 0 Å². The molecule has 2 heterocycles. The van der Waals surface area contributed by atoms with Gasteiger partial charge < -0.3 is 15.7 Å². The van der Waals surface area contributed by atoms with Crippen molar-refractivity contribution in [1.82, 2.24) is 9.80 Å². The second-order valence-corrected chi connectivity index (χ2v) is 5.76. The van der Waals surface area contributed by atoms with Gasteiger partial charge in [0.05, 0.1) is 18.8 Å². The van der Waals surface area contributed by atoms with Crippen molar-refractivity contribution in [1.29, 1.82) is 0 Å². The average molecular weight is 270 g/mol. The van der Waals surface area contributed by atoms with Crippen molar-refractivity contribution in [3.8, 4) is 0 Å². The lowest BCUT2D eigenvalue weighted by molar-refractivity contribution is -0.0514. The Kier molecular flexibility index (Phi) is 5.01. The number of ether oxygens (including phenoxy) is 1. The van der Waals surface area contributed by atoms with E-state index in [-0.39, 0.29) is 12.1 Å². The molecule has 0 aromatic rings. The largest absolute Gasteiger partial charge is 0.409 e. The molecule has 2 aliphatic heterocycles. The number of likely N-dealkylation sites (tertiary alicyclic amines) is 1. The minimum atomic E-state index is 0.0722. The molecule has 0 aromatic carbocycles. The van der Waals surface area contributed by atoms with Crippen molar-refractivity contribution >= 4 is 5.84 Å². The fourth-order valence-corrected chi connectivity index (χ4v) is 3.03. The van der Waals surface area contributed by atoms with E-state index >= 15 is 0 Å². The summed E-state index contributed by atoms with van der Waals surface area (Å²) in [7, 11) is 0. The minimum absolute atomic E-state index is 0.0722. The predicted molar refractivity (Wildman–Crippen MR) is 74.5 cm³/mol. The predicted octanol–water partition coefficient (Wildman–Crippen LogP) is 0.306. The Morgan fingerprint density at radius 2 is 2.26 bits per heavy atom. The summed E-state index contributed by atoms with van der Waals surface area (Å²) in [5.74, 6) is 0.328. The molecule has 0 amide bonds. The van der Waals surface area contributed by atoms with Gasteiger partial charge in [-0.3, -0.25) is 9.80 Å². The normalized spacial score (nSPS) is 31.2. The van der Waals surface area contributed by atoms with Gasteiger partial charge >= 0.3 is 0 Å². The fraction of sp³-hybridized carbons (Fsp3) is 0.923. The Hall–Kier alpha value is -0.850. The zero-order chi connectivity index (χ0) is 13.8. The highest BCUT2D eigenvalue weighted by Crippen LogP contribution is 2.19. The number of rotatable bonds is 4. The Labute approximate surface area is 115 Å². The van der Waals surface area contributed by atoms with Crippen LogP contribution in [-0.2, 0) is 4.74 Å². The number of hydrogen-bond acceptors (Lipinski definition) is 5. The Balaban J connectivity index is 1.89. The van der Waals surface area contributed by atoms with Gasteiger partial charge in [0, 0.05) is 25.7 Å². The van der Waals surface area contributed by atoms with Crippen LogP contribution in [0, 0.1) is 0 Å². The zero-order valence-electron chi connectivity index (χ0n) is 12.0. The highest BCUT2D eigenvalue weighted by atomic mass is 16.5. The maximum atomic E-state index is 8.83. The molecule has 110 valence electrons. The van der Waals surface area contributed by atoms with Crippen molar-refractivity contribution in [2.24, 2.45) is 10.9 Å². The molecule has 2 aliphatic rings. The first-order valence-corrected chi connectivity index (χ1v) is 7.19. The summed E-state index contributed by atoms with van der Waals surface area (Å²) in [6, 6.07) is 0.632. The lowest BCUT2D eigenvalue weighted by Crippen LogP contribution is -2.51. The molecular formula is C13H26N4O2. The van der Waals surface area contributed by atoms with E-state index in [0.29, 0.717) is 11.9 Å². The molecule has 0 bridgehead atoms. The molecular weight excluding hydrogens is 244 g/mol. The summed E-state index contributed by atoms with van der Waals surface area (Å²) < 4.78 is 5.86. The molecule has 0 radical (unpaired) electrons. The van der Waals surface area contributed by atoms with Gasteiger partial charge in [0.1, 0.15) is 0 Å². The molecule has 19 heavy (non-hydrogen) atoms. The lowest BCUT2D eigenvalue weighted by Gasteiger charge is -2.37. The summed E-state index contributed by atoms with van der Waals surface area (Å²) >= 11 is 0. The molecule has 2 atom stereocenters. The van der Waals surface area contributed by atoms with E-state index < -0.39 is 0 Å². The molecule has 6 heteroatoms. The van der Waals surface area contributed by atoms with Gasteiger partial charge in [-0.15, -0.1) is 0 Å². The van der Waals surface area contributed by atoms with Crippen LogP contribution in [0.5, 0.6) is 0 Å². The highest BCUT2D eigenvalue weighted by molar-refractivity contribution is 5.85. The van der Waals surface area contributed by atoms with Crippen LogP contribution in [0.4, 0.5) is 0 Å². The third-order valence-corrected chi connectivity index (χ3v) is 4.16. The van der Waals surface area contributed by atoms with E-state index in [9.17, 15) is 0 Å². The molecule has 3 N–H and O–H groups in total. The molecule has 0 aromatic heterocycles. The van der Waals surface area contributed by atoms with Crippen LogP contribution < -0.4 is 5.73 Å². The van der Waals surface area contributed by atoms with Crippen molar-refractivity contribution in [2.45, 2.75) is 44.9 Å². The number of hydrogen-bond donors (Lipinski definition) is 2. The highest BCUT2D eigenvalue weighted by Gasteiger charge is 2.32. The maximum absolute atomic E-state index is 8.83. The maximum Gasteiger partial charge on any atom is 0.156 e. The number of nitrogens with two attached hydrogens (primary N) is 1. The minimum Gasteiger partial charge on any atom is -0.409 e. The Morgan fingerprint density at radius 1 is 1.47 bits per heavy atom. The van der Waals surface area contributed by atoms with Crippen LogP contribution in [-0.4, -0.2) is 71.8 Å². The van der Waals surface area contributed by atoms with Gasteiger partial charge in [0.25, 0.3) is 0 Å². The molecule has 0 aliphatic carbocycles. The van der Waals surface area contributed by atoms with Crippen LogP contribution in [0.3, 0.4) is 0 Å². The summed E-state index contributed by atoms with van der Waals surface area (Å²) in [6.07, 6.45) is 2.29. The summed E-state index contributed by atoms with van der Waals surface area (Å²) in [5, 5.41) is 12.0. The van der Waals surface area contributed by atoms with E-state index in [1.54, 1.807) is 0 Å². The van der Waals surface area contributed by atoms with Gasteiger partial charge in [-0.2, -0.15) is 0 Å². The SMILES string of the molecule is CC(C)N1CCOC(CN2CCCC2C(N)=NO)C1. The van der Waals surface area contributed by atoms with E-state index in [4.69, 9.17) is 15.7 Å². The smallest absolute Gasteiger partial charge is 0.156 e. The molecule has 6 nitrogen and oxygen atoms in total. The lowest BCUT2D eigenvalue weighted by atomic mass is 10.1. The Morgan fingerprint density at radius 3 is 2.95 bits per heavy atom. The summed E-state index contributed by atoms with van der Waals surface area (Å²) in [6.45, 7) is 9.08. The van der Waals surface area contributed by atoms with Gasteiger partial charge in [-0.25, -0.2) is 0 Å². The number of nitrogens with zero attached hydrogens (tertiary/aromatic N) is 3.